The van der Waals surface area contributed by atoms with Crippen molar-refractivity contribution in [3.8, 4) is 5.75 Å². The number of rotatable bonds is 10. The molecule has 0 spiro atoms. The molecule has 1 atom stereocenters. The Labute approximate surface area is 169 Å². The highest BCUT2D eigenvalue weighted by Crippen LogP contribution is 2.31. The summed E-state index contributed by atoms with van der Waals surface area (Å²) in [5.41, 5.74) is 2.32. The van der Waals surface area contributed by atoms with Crippen LogP contribution in [0.5, 0.6) is 5.75 Å². The summed E-state index contributed by atoms with van der Waals surface area (Å²) in [6.07, 6.45) is 4.08. The van der Waals surface area contributed by atoms with Gasteiger partial charge in [-0.15, -0.1) is 0 Å². The fraction of sp³-hybridized carbons (Fsp3) is 0.682. The lowest BCUT2D eigenvalue weighted by molar-refractivity contribution is 0.110. The molecule has 1 unspecified atom stereocenters. The third-order valence-electron chi connectivity index (χ3n) is 5.52. The number of guanidine groups is 1. The van der Waals surface area contributed by atoms with Crippen molar-refractivity contribution in [1.82, 2.24) is 15.5 Å². The molecule has 1 aromatic carbocycles. The number of nitrogens with one attached hydrogen (secondary N) is 2. The van der Waals surface area contributed by atoms with Gasteiger partial charge in [-0.25, -0.2) is 0 Å². The third kappa shape index (κ3) is 6.38. The standard InChI is InChI=1S/C22H36N4O2/c1-4-27-11-12-28-21-13-17(2)5-6-19(21)15-25-22(23-3)24-14-18-9-10-26(16-18)20-7-8-20/h5-6,13,18,20H,4,7-12,14-16H2,1-3H3,(H2,23,24,25). The average Bonchev–Trinajstić information content (AvgIpc) is 3.45. The van der Waals surface area contributed by atoms with E-state index in [-0.39, 0.29) is 0 Å². The Kier molecular flexibility index (Phi) is 7.98. The van der Waals surface area contributed by atoms with Crippen LogP contribution in [0, 0.1) is 12.8 Å². The molecule has 1 saturated heterocycles. The molecule has 0 aromatic heterocycles. The quantitative estimate of drug-likeness (QED) is 0.367. The van der Waals surface area contributed by atoms with Gasteiger partial charge < -0.3 is 25.0 Å². The van der Waals surface area contributed by atoms with Gasteiger partial charge >= 0.3 is 0 Å². The van der Waals surface area contributed by atoms with Crippen molar-refractivity contribution in [2.75, 3.05) is 46.5 Å². The molecular weight excluding hydrogens is 352 g/mol. The molecule has 1 aromatic rings. The second kappa shape index (κ2) is 10.7. The molecule has 1 aliphatic carbocycles. The maximum Gasteiger partial charge on any atom is 0.191 e. The van der Waals surface area contributed by atoms with E-state index in [1.807, 2.05) is 14.0 Å². The van der Waals surface area contributed by atoms with Gasteiger partial charge in [0.1, 0.15) is 12.4 Å². The zero-order valence-corrected chi connectivity index (χ0v) is 17.7. The van der Waals surface area contributed by atoms with Crippen molar-refractivity contribution in [2.45, 2.75) is 45.7 Å². The lowest BCUT2D eigenvalue weighted by atomic mass is 10.1. The van der Waals surface area contributed by atoms with E-state index in [0.29, 0.717) is 26.4 Å². The summed E-state index contributed by atoms with van der Waals surface area (Å²) in [5.74, 6) is 2.49. The van der Waals surface area contributed by atoms with Crippen LogP contribution in [0.2, 0.25) is 0 Å². The van der Waals surface area contributed by atoms with E-state index in [1.165, 1.54) is 37.9 Å². The van der Waals surface area contributed by atoms with E-state index in [2.05, 4.69) is 45.6 Å². The number of aryl methyl sites for hydroxylation is 1. The lowest BCUT2D eigenvalue weighted by Gasteiger charge is -2.18. The number of aliphatic imine (C=N–C) groups is 1. The van der Waals surface area contributed by atoms with E-state index in [0.717, 1.165) is 35.8 Å². The van der Waals surface area contributed by atoms with E-state index in [1.54, 1.807) is 0 Å². The Morgan fingerprint density at radius 3 is 2.82 bits per heavy atom. The highest BCUT2D eigenvalue weighted by Gasteiger charge is 2.34. The van der Waals surface area contributed by atoms with Crippen LogP contribution in [0.1, 0.15) is 37.3 Å². The van der Waals surface area contributed by atoms with Gasteiger partial charge in [0.2, 0.25) is 0 Å². The first-order valence-electron chi connectivity index (χ1n) is 10.7. The minimum Gasteiger partial charge on any atom is -0.491 e. The van der Waals surface area contributed by atoms with Crippen molar-refractivity contribution in [2.24, 2.45) is 10.9 Å². The van der Waals surface area contributed by atoms with Crippen molar-refractivity contribution < 1.29 is 9.47 Å². The Morgan fingerprint density at radius 2 is 2.07 bits per heavy atom. The molecule has 2 aliphatic rings. The summed E-state index contributed by atoms with van der Waals surface area (Å²) in [7, 11) is 1.83. The van der Waals surface area contributed by atoms with Gasteiger partial charge in [0.25, 0.3) is 0 Å². The Bertz CT molecular complexity index is 645. The van der Waals surface area contributed by atoms with E-state index in [9.17, 15) is 0 Å². The van der Waals surface area contributed by atoms with Gasteiger partial charge in [0, 0.05) is 44.9 Å². The second-order valence-corrected chi connectivity index (χ2v) is 7.84. The number of hydrogen-bond donors (Lipinski definition) is 2. The van der Waals surface area contributed by atoms with Crippen LogP contribution in [-0.4, -0.2) is 63.4 Å². The molecule has 0 bridgehead atoms. The first kappa shape index (κ1) is 20.9. The third-order valence-corrected chi connectivity index (χ3v) is 5.52. The molecule has 6 nitrogen and oxygen atoms in total. The van der Waals surface area contributed by atoms with Crippen molar-refractivity contribution in [3.05, 3.63) is 29.3 Å². The van der Waals surface area contributed by atoms with E-state index < -0.39 is 0 Å². The van der Waals surface area contributed by atoms with Crippen LogP contribution in [-0.2, 0) is 11.3 Å². The van der Waals surface area contributed by atoms with E-state index >= 15 is 0 Å². The van der Waals surface area contributed by atoms with Crippen molar-refractivity contribution in [3.63, 3.8) is 0 Å². The second-order valence-electron chi connectivity index (χ2n) is 7.84. The molecule has 28 heavy (non-hydrogen) atoms. The molecule has 3 rings (SSSR count). The van der Waals surface area contributed by atoms with Crippen LogP contribution in [0.4, 0.5) is 0 Å². The van der Waals surface area contributed by atoms with Gasteiger partial charge in [-0.2, -0.15) is 0 Å². The van der Waals surface area contributed by atoms with Crippen molar-refractivity contribution >= 4 is 5.96 Å². The summed E-state index contributed by atoms with van der Waals surface area (Å²) in [6, 6.07) is 7.21. The minimum atomic E-state index is 0.566. The topological polar surface area (TPSA) is 58.1 Å². The number of ether oxygens (including phenoxy) is 2. The van der Waals surface area contributed by atoms with Crippen molar-refractivity contribution in [1.29, 1.82) is 0 Å². The monoisotopic (exact) mass is 388 g/mol. The molecule has 0 radical (unpaired) electrons. The fourth-order valence-corrected chi connectivity index (χ4v) is 3.74. The summed E-state index contributed by atoms with van der Waals surface area (Å²) in [5, 5.41) is 6.94. The summed E-state index contributed by atoms with van der Waals surface area (Å²) in [6.45, 7) is 10.1. The number of likely N-dealkylation sites (tertiary alicyclic amines) is 1. The van der Waals surface area contributed by atoms with Gasteiger partial charge in [-0.1, -0.05) is 12.1 Å². The van der Waals surface area contributed by atoms with E-state index in [4.69, 9.17) is 9.47 Å². The predicted octanol–water partition coefficient (Wildman–Crippen LogP) is 2.56. The van der Waals surface area contributed by atoms with Crippen LogP contribution in [0.15, 0.2) is 23.2 Å². The normalized spacial score (nSPS) is 20.4. The molecule has 1 aliphatic heterocycles. The van der Waals surface area contributed by atoms with Crippen LogP contribution >= 0.6 is 0 Å². The Balaban J connectivity index is 1.45. The first-order chi connectivity index (χ1) is 13.7. The lowest BCUT2D eigenvalue weighted by Crippen LogP contribution is -2.40. The molecule has 0 amide bonds. The Morgan fingerprint density at radius 1 is 1.21 bits per heavy atom. The predicted molar refractivity (Wildman–Crippen MR) is 114 cm³/mol. The molecule has 2 N–H and O–H groups in total. The first-order valence-corrected chi connectivity index (χ1v) is 10.7. The molecular formula is C22H36N4O2. The SMILES string of the molecule is CCOCCOc1cc(C)ccc1CNC(=NC)NCC1CCN(C2CC2)C1. The van der Waals surface area contributed by atoms with Gasteiger partial charge in [-0.05, 0) is 57.2 Å². The molecule has 156 valence electrons. The number of nitrogens with zero attached hydrogens (tertiary/aromatic N) is 2. The van der Waals surface area contributed by atoms with Crippen LogP contribution < -0.4 is 15.4 Å². The summed E-state index contributed by atoms with van der Waals surface area (Å²) in [4.78, 5) is 7.04. The summed E-state index contributed by atoms with van der Waals surface area (Å²) < 4.78 is 11.3. The molecule has 1 heterocycles. The van der Waals surface area contributed by atoms with Gasteiger partial charge in [0.05, 0.1) is 6.61 Å². The molecule has 6 heteroatoms. The zero-order chi connectivity index (χ0) is 19.8. The minimum absolute atomic E-state index is 0.566. The Hall–Kier alpha value is -1.79. The highest BCUT2D eigenvalue weighted by molar-refractivity contribution is 5.79. The van der Waals surface area contributed by atoms with Crippen LogP contribution in [0.3, 0.4) is 0 Å². The van der Waals surface area contributed by atoms with Crippen LogP contribution in [0.25, 0.3) is 0 Å². The summed E-state index contributed by atoms with van der Waals surface area (Å²) >= 11 is 0. The maximum absolute atomic E-state index is 5.94. The molecule has 1 saturated carbocycles. The molecule has 2 fully saturated rings. The number of hydrogen-bond acceptors (Lipinski definition) is 4. The fourth-order valence-electron chi connectivity index (χ4n) is 3.74. The number of benzene rings is 1. The maximum atomic E-state index is 5.94. The van der Waals surface area contributed by atoms with Gasteiger partial charge in [0.15, 0.2) is 5.96 Å². The van der Waals surface area contributed by atoms with Gasteiger partial charge in [-0.3, -0.25) is 4.99 Å². The zero-order valence-electron chi connectivity index (χ0n) is 17.7. The average molecular weight is 389 g/mol. The highest BCUT2D eigenvalue weighted by atomic mass is 16.5. The smallest absolute Gasteiger partial charge is 0.191 e. The largest absolute Gasteiger partial charge is 0.491 e.